The first-order chi connectivity index (χ1) is 15.8. The molecule has 32 heavy (non-hydrogen) atoms. The number of hydrogen-bond acceptors (Lipinski definition) is 5. The fourth-order valence-electron chi connectivity index (χ4n) is 4.62. The first-order valence-electron chi connectivity index (χ1n) is 11.0. The maximum atomic E-state index is 4.77. The van der Waals surface area contributed by atoms with Gasteiger partial charge in [0.1, 0.15) is 6.04 Å². The molecule has 6 heteroatoms. The largest absolute Gasteiger partial charge is 0.356 e. The number of thiophene rings is 1. The van der Waals surface area contributed by atoms with Gasteiger partial charge in [-0.2, -0.15) is 0 Å². The molecule has 1 atom stereocenters. The molecule has 0 saturated carbocycles. The second-order valence-electron chi connectivity index (χ2n) is 8.05. The van der Waals surface area contributed by atoms with E-state index in [9.17, 15) is 0 Å². The van der Waals surface area contributed by atoms with Gasteiger partial charge in [-0.15, -0.1) is 11.3 Å². The van der Waals surface area contributed by atoms with E-state index in [2.05, 4.69) is 58.2 Å². The Balaban J connectivity index is 1.45. The highest BCUT2D eigenvalue weighted by atomic mass is 32.1. The van der Waals surface area contributed by atoms with E-state index >= 15 is 0 Å². The van der Waals surface area contributed by atoms with Crippen molar-refractivity contribution in [3.05, 3.63) is 94.2 Å². The van der Waals surface area contributed by atoms with Gasteiger partial charge in [0, 0.05) is 57.0 Å². The van der Waals surface area contributed by atoms with Gasteiger partial charge in [-0.3, -0.25) is 4.98 Å². The third-order valence-corrected chi connectivity index (χ3v) is 7.47. The predicted molar refractivity (Wildman–Crippen MR) is 130 cm³/mol. The van der Waals surface area contributed by atoms with E-state index < -0.39 is 0 Å². The number of hydrogen-bond donors (Lipinski definition) is 1. The highest BCUT2D eigenvalue weighted by Crippen LogP contribution is 2.42. The van der Waals surface area contributed by atoms with E-state index in [-0.39, 0.29) is 6.04 Å². The Morgan fingerprint density at radius 2 is 1.84 bits per heavy atom. The van der Waals surface area contributed by atoms with Crippen molar-refractivity contribution in [2.75, 3.05) is 11.4 Å². The Kier molecular flexibility index (Phi) is 4.72. The van der Waals surface area contributed by atoms with Gasteiger partial charge in [0.15, 0.2) is 0 Å². The Morgan fingerprint density at radius 3 is 2.62 bits per heavy atom. The number of aryl methyl sites for hydroxylation is 1. The standard InChI is InChI=1S/C26H23N5S/c1-2-18-10-11-23(32-18)25-24-20(19-7-3-4-9-22(19)30-24)12-14-31(25)26-28-15-17(16-29-26)21-8-5-6-13-27-21/h3-11,13,15-16,25,30H,2,12,14H2,1H3. The molecular weight excluding hydrogens is 414 g/mol. The number of aromatic amines is 1. The van der Waals surface area contributed by atoms with E-state index in [1.165, 1.54) is 31.9 Å². The van der Waals surface area contributed by atoms with Crippen LogP contribution >= 0.6 is 11.3 Å². The Morgan fingerprint density at radius 1 is 1.00 bits per heavy atom. The van der Waals surface area contributed by atoms with Crippen LogP contribution in [-0.2, 0) is 12.8 Å². The van der Waals surface area contributed by atoms with Crippen molar-refractivity contribution in [1.82, 2.24) is 19.9 Å². The van der Waals surface area contributed by atoms with Crippen molar-refractivity contribution in [3.8, 4) is 11.3 Å². The molecule has 1 unspecified atom stereocenters. The van der Waals surface area contributed by atoms with Gasteiger partial charge in [-0.1, -0.05) is 31.2 Å². The van der Waals surface area contributed by atoms with Crippen LogP contribution in [0, 0.1) is 0 Å². The third kappa shape index (κ3) is 3.19. The van der Waals surface area contributed by atoms with E-state index in [4.69, 9.17) is 9.97 Å². The molecule has 0 bridgehead atoms. The summed E-state index contributed by atoms with van der Waals surface area (Å²) in [5, 5.41) is 1.32. The van der Waals surface area contributed by atoms with Crippen molar-refractivity contribution in [3.63, 3.8) is 0 Å². The molecule has 6 rings (SSSR count). The van der Waals surface area contributed by atoms with Crippen molar-refractivity contribution in [1.29, 1.82) is 0 Å². The molecule has 4 aromatic heterocycles. The van der Waals surface area contributed by atoms with Gasteiger partial charge in [0.25, 0.3) is 0 Å². The summed E-state index contributed by atoms with van der Waals surface area (Å²) in [6.45, 7) is 3.09. The number of nitrogens with one attached hydrogen (secondary N) is 1. The molecule has 158 valence electrons. The Labute approximate surface area is 190 Å². The number of nitrogens with zero attached hydrogens (tertiary/aromatic N) is 4. The average Bonchev–Trinajstić information content (AvgIpc) is 3.49. The van der Waals surface area contributed by atoms with E-state index in [1.54, 1.807) is 6.20 Å². The second kappa shape index (κ2) is 7.88. The van der Waals surface area contributed by atoms with Crippen LogP contribution in [0.25, 0.3) is 22.2 Å². The average molecular weight is 438 g/mol. The number of fused-ring (bicyclic) bond motifs is 3. The van der Waals surface area contributed by atoms with Crippen LogP contribution < -0.4 is 4.90 Å². The maximum absolute atomic E-state index is 4.77. The molecule has 5 heterocycles. The molecule has 1 aliphatic heterocycles. The van der Waals surface area contributed by atoms with Crippen LogP contribution in [0.5, 0.6) is 0 Å². The van der Waals surface area contributed by atoms with Crippen LogP contribution in [0.4, 0.5) is 5.95 Å². The summed E-state index contributed by atoms with van der Waals surface area (Å²) in [6.07, 6.45) is 7.57. The molecule has 1 aliphatic rings. The lowest BCUT2D eigenvalue weighted by Gasteiger charge is -2.35. The van der Waals surface area contributed by atoms with Gasteiger partial charge in [-0.05, 0) is 48.7 Å². The number of anilines is 1. The van der Waals surface area contributed by atoms with Crippen LogP contribution in [0.1, 0.15) is 34.0 Å². The lowest BCUT2D eigenvalue weighted by molar-refractivity contribution is 0.634. The summed E-state index contributed by atoms with van der Waals surface area (Å²) in [7, 11) is 0. The van der Waals surface area contributed by atoms with E-state index in [0.717, 1.165) is 36.6 Å². The SMILES string of the molecule is CCc1ccc(C2c3[nH]c4ccccc4c3CCN2c2ncc(-c3ccccn3)cn2)s1. The van der Waals surface area contributed by atoms with E-state index in [0.29, 0.717) is 0 Å². The lowest BCUT2D eigenvalue weighted by atomic mass is 9.96. The molecule has 5 nitrogen and oxygen atoms in total. The molecule has 1 aromatic carbocycles. The lowest BCUT2D eigenvalue weighted by Crippen LogP contribution is -2.36. The van der Waals surface area contributed by atoms with Crippen LogP contribution in [0.2, 0.25) is 0 Å². The molecular formula is C26H23N5S. The van der Waals surface area contributed by atoms with Crippen LogP contribution in [-0.4, -0.2) is 26.5 Å². The van der Waals surface area contributed by atoms with Crippen molar-refractivity contribution < 1.29 is 0 Å². The number of pyridine rings is 1. The number of benzene rings is 1. The topological polar surface area (TPSA) is 57.7 Å². The van der Waals surface area contributed by atoms with Gasteiger partial charge in [0.05, 0.1) is 5.69 Å². The quantitative estimate of drug-likeness (QED) is 0.386. The summed E-state index contributed by atoms with van der Waals surface area (Å²) >= 11 is 1.88. The zero-order valence-electron chi connectivity index (χ0n) is 17.8. The minimum Gasteiger partial charge on any atom is -0.356 e. The smallest absolute Gasteiger partial charge is 0.226 e. The maximum Gasteiger partial charge on any atom is 0.226 e. The van der Waals surface area contributed by atoms with Crippen LogP contribution in [0.15, 0.2) is 73.2 Å². The Hall–Kier alpha value is -3.51. The Bertz CT molecular complexity index is 1370. The molecule has 5 aromatic rings. The highest BCUT2D eigenvalue weighted by Gasteiger charge is 2.34. The zero-order chi connectivity index (χ0) is 21.5. The van der Waals surface area contributed by atoms with E-state index in [1.807, 2.05) is 41.9 Å². The van der Waals surface area contributed by atoms with Crippen molar-refractivity contribution in [2.45, 2.75) is 25.8 Å². The van der Waals surface area contributed by atoms with Crippen LogP contribution in [0.3, 0.4) is 0 Å². The summed E-state index contributed by atoms with van der Waals surface area (Å²) in [5.74, 6) is 0.755. The molecule has 1 N–H and O–H groups in total. The normalized spacial score (nSPS) is 15.8. The molecule has 0 amide bonds. The minimum absolute atomic E-state index is 0.0807. The molecule has 0 spiro atoms. The summed E-state index contributed by atoms with van der Waals surface area (Å²) < 4.78 is 0. The zero-order valence-corrected chi connectivity index (χ0v) is 18.6. The highest BCUT2D eigenvalue weighted by molar-refractivity contribution is 7.12. The fraction of sp³-hybridized carbons (Fsp3) is 0.192. The molecule has 0 aliphatic carbocycles. The summed E-state index contributed by atoms with van der Waals surface area (Å²) in [6, 6.07) is 19.1. The first kappa shape index (κ1) is 19.2. The molecule has 0 fully saturated rings. The molecule has 0 radical (unpaired) electrons. The monoisotopic (exact) mass is 437 g/mol. The predicted octanol–water partition coefficient (Wildman–Crippen LogP) is 5.80. The van der Waals surface area contributed by atoms with Gasteiger partial charge < -0.3 is 9.88 Å². The van der Waals surface area contributed by atoms with Gasteiger partial charge >= 0.3 is 0 Å². The molecule has 0 saturated heterocycles. The first-order valence-corrected chi connectivity index (χ1v) is 11.8. The number of rotatable bonds is 4. The minimum atomic E-state index is 0.0807. The second-order valence-corrected chi connectivity index (χ2v) is 9.25. The number of aromatic nitrogens is 4. The van der Waals surface area contributed by atoms with Crippen molar-refractivity contribution in [2.24, 2.45) is 0 Å². The summed E-state index contributed by atoms with van der Waals surface area (Å²) in [5.41, 5.74) is 5.69. The van der Waals surface area contributed by atoms with Crippen molar-refractivity contribution >= 4 is 28.2 Å². The summed E-state index contributed by atoms with van der Waals surface area (Å²) in [4.78, 5) is 22.8. The number of H-pyrrole nitrogens is 1. The van der Waals surface area contributed by atoms with Gasteiger partial charge in [0.2, 0.25) is 5.95 Å². The van der Waals surface area contributed by atoms with Gasteiger partial charge in [-0.25, -0.2) is 9.97 Å². The fourth-order valence-corrected chi connectivity index (χ4v) is 5.69. The third-order valence-electron chi connectivity index (χ3n) is 6.19. The number of para-hydroxylation sites is 1.